The van der Waals surface area contributed by atoms with Crippen molar-refractivity contribution in [3.8, 4) is 10.6 Å². The van der Waals surface area contributed by atoms with Crippen LogP contribution in [0.2, 0.25) is 0 Å². The molecule has 5 rings (SSSR count). The lowest BCUT2D eigenvalue weighted by Gasteiger charge is -2.28. The standard InChI is InChI=1S/C26H27N3O5S/c1-17-21(27-25(35-17)18-7-3-2-4-8-18)23(30)20-22(19-9-5-14-34-19)29(26(32)24(20)31)11-6-10-28-12-15-33-16-13-28/h2-5,7-9,14,22,30H,6,10-13,15-16H2,1H3/b23-20+. The maximum absolute atomic E-state index is 13.2. The molecule has 1 aromatic carbocycles. The summed E-state index contributed by atoms with van der Waals surface area (Å²) in [5.41, 5.74) is 1.26. The predicted octanol–water partition coefficient (Wildman–Crippen LogP) is 3.86. The normalized spacial score (nSPS) is 20.6. The van der Waals surface area contributed by atoms with E-state index in [1.54, 1.807) is 12.1 Å². The Balaban J connectivity index is 1.47. The Labute approximate surface area is 207 Å². The molecule has 9 heteroatoms. The number of morpholine rings is 1. The van der Waals surface area contributed by atoms with Gasteiger partial charge in [0.05, 0.1) is 25.1 Å². The number of carbonyl (C=O) groups excluding carboxylic acids is 2. The molecule has 182 valence electrons. The van der Waals surface area contributed by atoms with Gasteiger partial charge >= 0.3 is 0 Å². The van der Waals surface area contributed by atoms with Crippen molar-refractivity contribution in [2.75, 3.05) is 39.4 Å². The predicted molar refractivity (Wildman–Crippen MR) is 132 cm³/mol. The summed E-state index contributed by atoms with van der Waals surface area (Å²) in [7, 11) is 0. The Kier molecular flexibility index (Phi) is 6.81. The Bertz CT molecular complexity index is 1230. The van der Waals surface area contributed by atoms with Crippen molar-refractivity contribution in [1.82, 2.24) is 14.8 Å². The van der Waals surface area contributed by atoms with Crippen LogP contribution < -0.4 is 0 Å². The lowest BCUT2D eigenvalue weighted by Crippen LogP contribution is -2.38. The number of aromatic nitrogens is 1. The first-order valence-electron chi connectivity index (χ1n) is 11.7. The Morgan fingerprint density at radius 2 is 1.89 bits per heavy atom. The van der Waals surface area contributed by atoms with Gasteiger partial charge in [-0.25, -0.2) is 4.98 Å². The molecule has 1 N–H and O–H groups in total. The van der Waals surface area contributed by atoms with Crippen LogP contribution in [0.3, 0.4) is 0 Å². The number of amides is 1. The summed E-state index contributed by atoms with van der Waals surface area (Å²) in [4.78, 5) is 35.5. The number of carbonyl (C=O) groups is 2. The Morgan fingerprint density at radius 1 is 1.11 bits per heavy atom. The van der Waals surface area contributed by atoms with Crippen LogP contribution in [0.5, 0.6) is 0 Å². The number of hydrogen-bond acceptors (Lipinski definition) is 8. The van der Waals surface area contributed by atoms with Crippen molar-refractivity contribution in [2.24, 2.45) is 0 Å². The number of aryl methyl sites for hydroxylation is 1. The molecule has 4 heterocycles. The summed E-state index contributed by atoms with van der Waals surface area (Å²) in [6.07, 6.45) is 2.20. The molecule has 2 aromatic heterocycles. The zero-order valence-corrected chi connectivity index (χ0v) is 20.3. The number of ketones is 1. The molecule has 0 spiro atoms. The molecule has 8 nitrogen and oxygen atoms in total. The fourth-order valence-corrected chi connectivity index (χ4v) is 5.51. The second-order valence-electron chi connectivity index (χ2n) is 8.61. The van der Waals surface area contributed by atoms with E-state index in [-0.39, 0.29) is 11.3 Å². The van der Waals surface area contributed by atoms with Crippen LogP contribution in [-0.4, -0.2) is 71.0 Å². The first-order valence-corrected chi connectivity index (χ1v) is 12.5. The summed E-state index contributed by atoms with van der Waals surface area (Å²) < 4.78 is 11.0. The lowest BCUT2D eigenvalue weighted by atomic mass is 10.0. The summed E-state index contributed by atoms with van der Waals surface area (Å²) >= 11 is 1.43. The number of likely N-dealkylation sites (tertiary alicyclic amines) is 1. The molecule has 1 unspecified atom stereocenters. The zero-order chi connectivity index (χ0) is 24.4. The highest BCUT2D eigenvalue weighted by molar-refractivity contribution is 7.15. The van der Waals surface area contributed by atoms with E-state index < -0.39 is 17.7 Å². The van der Waals surface area contributed by atoms with E-state index in [1.807, 2.05) is 37.3 Å². The molecule has 2 saturated heterocycles. The molecule has 2 fully saturated rings. The number of ether oxygens (including phenoxy) is 1. The number of Topliss-reactive ketones (excluding diaryl/α,β-unsaturated/α-hetero) is 1. The molecular weight excluding hydrogens is 466 g/mol. The quantitative estimate of drug-likeness (QED) is 0.303. The number of aliphatic hydroxyl groups excluding tert-OH is 1. The third kappa shape index (κ3) is 4.67. The Morgan fingerprint density at radius 3 is 2.60 bits per heavy atom. The number of aliphatic hydroxyl groups is 1. The maximum atomic E-state index is 13.2. The first-order chi connectivity index (χ1) is 17.0. The minimum Gasteiger partial charge on any atom is -0.505 e. The van der Waals surface area contributed by atoms with Crippen LogP contribution in [0.25, 0.3) is 16.3 Å². The van der Waals surface area contributed by atoms with E-state index in [0.717, 1.165) is 35.1 Å². The largest absolute Gasteiger partial charge is 0.505 e. The van der Waals surface area contributed by atoms with Crippen LogP contribution in [0, 0.1) is 6.92 Å². The minimum atomic E-state index is -0.795. The van der Waals surface area contributed by atoms with E-state index in [9.17, 15) is 14.7 Å². The van der Waals surface area contributed by atoms with E-state index in [0.29, 0.717) is 37.6 Å². The van der Waals surface area contributed by atoms with Crippen molar-refractivity contribution in [3.63, 3.8) is 0 Å². The van der Waals surface area contributed by atoms with Gasteiger partial charge in [0, 0.05) is 36.6 Å². The second-order valence-corrected chi connectivity index (χ2v) is 9.81. The molecule has 0 aliphatic carbocycles. The third-order valence-corrected chi connectivity index (χ3v) is 7.39. The number of thiazole rings is 1. The monoisotopic (exact) mass is 493 g/mol. The number of benzene rings is 1. The Hall–Kier alpha value is -3.27. The smallest absolute Gasteiger partial charge is 0.295 e. The van der Waals surface area contributed by atoms with Crippen LogP contribution in [0.15, 0.2) is 58.7 Å². The highest BCUT2D eigenvalue weighted by atomic mass is 32.1. The molecular formula is C26H27N3O5S. The fourth-order valence-electron chi connectivity index (χ4n) is 4.59. The van der Waals surface area contributed by atoms with Gasteiger partial charge in [0.2, 0.25) is 0 Å². The summed E-state index contributed by atoms with van der Waals surface area (Å²) in [6, 6.07) is 12.3. The van der Waals surface area contributed by atoms with Gasteiger partial charge in [-0.1, -0.05) is 30.3 Å². The number of nitrogens with zero attached hydrogens (tertiary/aromatic N) is 3. The van der Waals surface area contributed by atoms with E-state index in [4.69, 9.17) is 9.15 Å². The number of hydrogen-bond donors (Lipinski definition) is 1. The topological polar surface area (TPSA) is 96.1 Å². The van der Waals surface area contributed by atoms with E-state index >= 15 is 0 Å². The number of rotatable bonds is 7. The van der Waals surface area contributed by atoms with E-state index in [2.05, 4.69) is 9.88 Å². The van der Waals surface area contributed by atoms with Gasteiger partial charge in [-0.2, -0.15) is 0 Å². The molecule has 35 heavy (non-hydrogen) atoms. The van der Waals surface area contributed by atoms with Crippen LogP contribution >= 0.6 is 11.3 Å². The molecule has 1 amide bonds. The van der Waals surface area contributed by atoms with Gasteiger partial charge in [0.15, 0.2) is 5.76 Å². The molecule has 0 radical (unpaired) electrons. The zero-order valence-electron chi connectivity index (χ0n) is 19.5. The highest BCUT2D eigenvalue weighted by Gasteiger charge is 2.47. The maximum Gasteiger partial charge on any atom is 0.295 e. The molecule has 1 atom stereocenters. The van der Waals surface area contributed by atoms with Crippen LogP contribution in [-0.2, 0) is 14.3 Å². The number of furan rings is 1. The summed E-state index contributed by atoms with van der Waals surface area (Å²) in [6.45, 7) is 6.13. The summed E-state index contributed by atoms with van der Waals surface area (Å²) in [5, 5.41) is 12.1. The fraction of sp³-hybridized carbons (Fsp3) is 0.346. The molecule has 2 aliphatic heterocycles. The highest BCUT2D eigenvalue weighted by Crippen LogP contribution is 2.41. The molecule has 0 saturated carbocycles. The van der Waals surface area contributed by atoms with Crippen LogP contribution in [0.1, 0.15) is 28.8 Å². The lowest BCUT2D eigenvalue weighted by molar-refractivity contribution is -0.140. The van der Waals surface area contributed by atoms with Crippen molar-refractivity contribution >= 4 is 28.8 Å². The van der Waals surface area contributed by atoms with Crippen LogP contribution in [0.4, 0.5) is 0 Å². The van der Waals surface area contributed by atoms with Crippen molar-refractivity contribution in [3.05, 3.63) is 70.6 Å². The minimum absolute atomic E-state index is 0.0179. The summed E-state index contributed by atoms with van der Waals surface area (Å²) in [5.74, 6) is -1.18. The average Bonchev–Trinajstić information content (AvgIpc) is 3.60. The molecule has 2 aliphatic rings. The van der Waals surface area contributed by atoms with Crippen molar-refractivity contribution in [1.29, 1.82) is 0 Å². The SMILES string of the molecule is Cc1sc(-c2ccccc2)nc1/C(O)=C1\C(=O)C(=O)N(CCCN2CCOCC2)C1c1ccco1. The van der Waals surface area contributed by atoms with Crippen molar-refractivity contribution in [2.45, 2.75) is 19.4 Å². The van der Waals surface area contributed by atoms with Gasteiger partial charge in [-0.05, 0) is 25.5 Å². The molecule has 0 bridgehead atoms. The van der Waals surface area contributed by atoms with Gasteiger partial charge in [-0.3, -0.25) is 14.5 Å². The molecule has 3 aromatic rings. The van der Waals surface area contributed by atoms with Gasteiger partial charge in [0.25, 0.3) is 11.7 Å². The van der Waals surface area contributed by atoms with Gasteiger partial charge < -0.3 is 19.2 Å². The van der Waals surface area contributed by atoms with E-state index in [1.165, 1.54) is 22.5 Å². The van der Waals surface area contributed by atoms with Gasteiger partial charge in [0.1, 0.15) is 22.5 Å². The van der Waals surface area contributed by atoms with Crippen molar-refractivity contribution < 1.29 is 23.8 Å². The first kappa shape index (κ1) is 23.5. The second kappa shape index (κ2) is 10.2. The third-order valence-electron chi connectivity index (χ3n) is 6.37. The van der Waals surface area contributed by atoms with Gasteiger partial charge in [-0.15, -0.1) is 11.3 Å². The average molecular weight is 494 g/mol.